The Kier molecular flexibility index (Phi) is 6.35. The van der Waals surface area contributed by atoms with Crippen molar-refractivity contribution in [2.45, 2.75) is 32.5 Å². The molecule has 8 nitrogen and oxygen atoms in total. The molecule has 27 heavy (non-hydrogen) atoms. The average molecular weight is 366 g/mol. The van der Waals surface area contributed by atoms with Gasteiger partial charge in [0, 0.05) is 50.0 Å². The number of anilines is 1. The van der Waals surface area contributed by atoms with Crippen LogP contribution in [0.1, 0.15) is 18.4 Å². The summed E-state index contributed by atoms with van der Waals surface area (Å²) in [5, 5.41) is 13.9. The van der Waals surface area contributed by atoms with Gasteiger partial charge in [-0.1, -0.05) is 12.1 Å². The summed E-state index contributed by atoms with van der Waals surface area (Å²) in [6, 6.07) is 11.1. The van der Waals surface area contributed by atoms with Gasteiger partial charge < -0.3 is 10.6 Å². The van der Waals surface area contributed by atoms with Crippen LogP contribution in [0.2, 0.25) is 0 Å². The predicted molar refractivity (Wildman–Crippen MR) is 101 cm³/mol. The fraction of sp³-hybridized carbons (Fsp3) is 0.263. The lowest BCUT2D eigenvalue weighted by atomic mass is 10.2. The molecule has 0 radical (unpaired) electrons. The van der Waals surface area contributed by atoms with E-state index in [0.717, 1.165) is 18.5 Å². The van der Waals surface area contributed by atoms with Crippen molar-refractivity contribution in [3.63, 3.8) is 0 Å². The van der Waals surface area contributed by atoms with Crippen molar-refractivity contribution in [1.82, 2.24) is 24.9 Å². The summed E-state index contributed by atoms with van der Waals surface area (Å²) in [4.78, 5) is 24.0. The average Bonchev–Trinajstić information content (AvgIpc) is 3.34. The number of carbonyl (C=O) groups is 2. The van der Waals surface area contributed by atoms with Gasteiger partial charge in [-0.15, -0.1) is 0 Å². The van der Waals surface area contributed by atoms with E-state index in [0.29, 0.717) is 18.7 Å². The fourth-order valence-electron chi connectivity index (χ4n) is 2.62. The molecule has 0 spiro atoms. The molecule has 0 aliphatic carbocycles. The smallest absolute Gasteiger partial charge is 0.246 e. The highest BCUT2D eigenvalue weighted by Crippen LogP contribution is 2.11. The molecule has 8 heteroatoms. The molecule has 2 heterocycles. The topological polar surface area (TPSA) is 93.8 Å². The number of rotatable bonds is 9. The zero-order valence-electron chi connectivity index (χ0n) is 14.9. The summed E-state index contributed by atoms with van der Waals surface area (Å²) in [6.45, 7) is 1.30. The molecule has 0 fully saturated rings. The van der Waals surface area contributed by atoms with Gasteiger partial charge in [0.15, 0.2) is 0 Å². The van der Waals surface area contributed by atoms with Crippen molar-refractivity contribution >= 4 is 17.5 Å². The van der Waals surface area contributed by atoms with Crippen molar-refractivity contribution < 1.29 is 9.59 Å². The van der Waals surface area contributed by atoms with Gasteiger partial charge in [0.2, 0.25) is 11.8 Å². The highest BCUT2D eigenvalue weighted by Gasteiger charge is 2.06. The van der Waals surface area contributed by atoms with Crippen LogP contribution >= 0.6 is 0 Å². The van der Waals surface area contributed by atoms with Crippen molar-refractivity contribution in [3.8, 4) is 0 Å². The maximum Gasteiger partial charge on any atom is 0.246 e. The maximum atomic E-state index is 12.0. The minimum absolute atomic E-state index is 0.00437. The fourth-order valence-corrected chi connectivity index (χ4v) is 2.62. The lowest BCUT2D eigenvalue weighted by Crippen LogP contribution is -2.23. The SMILES string of the molecule is O=C(CCCn1cccn1)NCc1cccc(NC(=O)Cn2cccn2)c1. The minimum atomic E-state index is -0.154. The Morgan fingerprint density at radius 1 is 0.963 bits per heavy atom. The Labute approximate surface area is 157 Å². The highest BCUT2D eigenvalue weighted by atomic mass is 16.2. The molecule has 140 valence electrons. The second kappa shape index (κ2) is 9.33. The number of nitrogens with zero attached hydrogens (tertiary/aromatic N) is 4. The van der Waals surface area contributed by atoms with Gasteiger partial charge in [-0.25, -0.2) is 0 Å². The molecule has 0 unspecified atom stereocenters. The zero-order valence-corrected chi connectivity index (χ0v) is 14.9. The first-order valence-electron chi connectivity index (χ1n) is 8.79. The zero-order chi connectivity index (χ0) is 18.9. The summed E-state index contributed by atoms with van der Waals surface area (Å²) in [7, 11) is 0. The molecule has 2 N–H and O–H groups in total. The molecular weight excluding hydrogens is 344 g/mol. The molecule has 2 aromatic heterocycles. The van der Waals surface area contributed by atoms with Gasteiger partial charge in [-0.05, 0) is 36.2 Å². The van der Waals surface area contributed by atoms with Crippen LogP contribution in [0.3, 0.4) is 0 Å². The Balaban J connectivity index is 1.41. The van der Waals surface area contributed by atoms with Crippen LogP contribution in [-0.4, -0.2) is 31.4 Å². The van der Waals surface area contributed by atoms with Crippen molar-refractivity contribution in [2.24, 2.45) is 0 Å². The Bertz CT molecular complexity index is 858. The summed E-state index contributed by atoms with van der Waals surface area (Å²) in [5.74, 6) is -0.159. The van der Waals surface area contributed by atoms with Crippen LogP contribution in [-0.2, 0) is 29.2 Å². The number of nitrogens with one attached hydrogen (secondary N) is 2. The molecule has 1 aromatic carbocycles. The number of aromatic nitrogens is 4. The molecule has 0 aliphatic heterocycles. The number of carbonyl (C=O) groups excluding carboxylic acids is 2. The van der Waals surface area contributed by atoms with E-state index < -0.39 is 0 Å². The molecule has 0 aliphatic rings. The molecule has 0 saturated carbocycles. The third-order valence-electron chi connectivity index (χ3n) is 3.92. The van der Waals surface area contributed by atoms with Crippen molar-refractivity contribution in [2.75, 3.05) is 5.32 Å². The monoisotopic (exact) mass is 366 g/mol. The van der Waals surface area contributed by atoms with E-state index in [1.807, 2.05) is 41.2 Å². The lowest BCUT2D eigenvalue weighted by molar-refractivity contribution is -0.121. The summed E-state index contributed by atoms with van der Waals surface area (Å²) < 4.78 is 3.37. The summed E-state index contributed by atoms with van der Waals surface area (Å²) in [5.41, 5.74) is 1.62. The third-order valence-corrected chi connectivity index (χ3v) is 3.92. The van der Waals surface area contributed by atoms with Crippen LogP contribution in [0, 0.1) is 0 Å². The van der Waals surface area contributed by atoms with Crippen LogP contribution < -0.4 is 10.6 Å². The van der Waals surface area contributed by atoms with E-state index in [4.69, 9.17) is 0 Å². The summed E-state index contributed by atoms with van der Waals surface area (Å²) in [6.07, 6.45) is 8.14. The first kappa shape index (κ1) is 18.4. The Hall–Kier alpha value is -3.42. The van der Waals surface area contributed by atoms with Gasteiger partial charge >= 0.3 is 0 Å². The molecule has 3 rings (SSSR count). The standard InChI is InChI=1S/C19H22N6O2/c26-18(7-2-10-24-11-3-8-21-24)20-14-16-5-1-6-17(13-16)23-19(27)15-25-12-4-9-22-25/h1,3-6,8-9,11-13H,2,7,10,14-15H2,(H,20,26)(H,23,27). The molecular formula is C19H22N6O2. The van der Waals surface area contributed by atoms with E-state index >= 15 is 0 Å². The van der Waals surface area contributed by atoms with Crippen LogP contribution in [0.15, 0.2) is 61.2 Å². The van der Waals surface area contributed by atoms with Crippen LogP contribution in [0.4, 0.5) is 5.69 Å². The second-order valence-electron chi connectivity index (χ2n) is 6.10. The van der Waals surface area contributed by atoms with Gasteiger partial charge in [0.1, 0.15) is 6.54 Å². The highest BCUT2D eigenvalue weighted by molar-refractivity contribution is 5.90. The van der Waals surface area contributed by atoms with Crippen LogP contribution in [0.5, 0.6) is 0 Å². The predicted octanol–water partition coefficient (Wildman–Crippen LogP) is 1.81. The first-order valence-corrected chi connectivity index (χ1v) is 8.79. The van der Waals surface area contributed by atoms with Crippen molar-refractivity contribution in [1.29, 1.82) is 0 Å². The lowest BCUT2D eigenvalue weighted by Gasteiger charge is -2.09. The third kappa shape index (κ3) is 6.10. The Morgan fingerprint density at radius 3 is 2.48 bits per heavy atom. The molecule has 0 atom stereocenters. The second-order valence-corrected chi connectivity index (χ2v) is 6.10. The largest absolute Gasteiger partial charge is 0.352 e. The number of hydrogen-bond donors (Lipinski definition) is 2. The Morgan fingerprint density at radius 2 is 1.74 bits per heavy atom. The van der Waals surface area contributed by atoms with Gasteiger partial charge in [-0.2, -0.15) is 10.2 Å². The van der Waals surface area contributed by atoms with E-state index in [1.165, 1.54) is 0 Å². The van der Waals surface area contributed by atoms with E-state index in [-0.39, 0.29) is 18.4 Å². The van der Waals surface area contributed by atoms with Crippen LogP contribution in [0.25, 0.3) is 0 Å². The molecule has 3 aromatic rings. The molecule has 2 amide bonds. The minimum Gasteiger partial charge on any atom is -0.352 e. The van der Waals surface area contributed by atoms with Crippen molar-refractivity contribution in [3.05, 3.63) is 66.7 Å². The number of amides is 2. The number of hydrogen-bond acceptors (Lipinski definition) is 4. The maximum absolute atomic E-state index is 12.0. The van der Waals surface area contributed by atoms with E-state index in [2.05, 4.69) is 20.8 Å². The van der Waals surface area contributed by atoms with Gasteiger partial charge in [0.25, 0.3) is 0 Å². The van der Waals surface area contributed by atoms with Gasteiger partial charge in [0.05, 0.1) is 0 Å². The summed E-state index contributed by atoms with van der Waals surface area (Å²) >= 11 is 0. The molecule has 0 saturated heterocycles. The van der Waals surface area contributed by atoms with Gasteiger partial charge in [-0.3, -0.25) is 19.0 Å². The number of aryl methyl sites for hydroxylation is 1. The normalized spacial score (nSPS) is 10.5. The van der Waals surface area contributed by atoms with E-state index in [1.54, 1.807) is 29.3 Å². The first-order chi connectivity index (χ1) is 13.2. The number of benzene rings is 1. The van der Waals surface area contributed by atoms with E-state index in [9.17, 15) is 9.59 Å². The molecule has 0 bridgehead atoms. The quantitative estimate of drug-likeness (QED) is 0.604.